The van der Waals surface area contributed by atoms with Crippen molar-refractivity contribution >= 4 is 15.9 Å². The molecule has 2 aromatic rings. The van der Waals surface area contributed by atoms with Crippen molar-refractivity contribution in [3.63, 3.8) is 0 Å². The Morgan fingerprint density at radius 1 is 1.06 bits per heavy atom. The maximum absolute atomic E-state index is 13.8. The molecule has 0 spiro atoms. The number of carbonyl (C=O) groups is 1. The van der Waals surface area contributed by atoms with Crippen LogP contribution in [0.15, 0.2) is 59.5 Å². The van der Waals surface area contributed by atoms with Gasteiger partial charge in [-0.1, -0.05) is 30.3 Å². The van der Waals surface area contributed by atoms with Crippen LogP contribution < -0.4 is 10.2 Å². The fourth-order valence-electron chi connectivity index (χ4n) is 4.56. The maximum atomic E-state index is 13.8. The van der Waals surface area contributed by atoms with Gasteiger partial charge in [-0.2, -0.15) is 4.31 Å². The third kappa shape index (κ3) is 5.92. The summed E-state index contributed by atoms with van der Waals surface area (Å²) in [5.41, 5.74) is 2.49. The van der Waals surface area contributed by atoms with Crippen LogP contribution in [0.25, 0.3) is 0 Å². The first-order chi connectivity index (χ1) is 15.8. The van der Waals surface area contributed by atoms with Crippen LogP contribution in [-0.4, -0.2) is 62.0 Å². The van der Waals surface area contributed by atoms with Gasteiger partial charge in [0, 0.05) is 12.6 Å². The van der Waals surface area contributed by atoms with Crippen molar-refractivity contribution in [2.45, 2.75) is 49.2 Å². The Bertz CT molecular complexity index is 1000. The summed E-state index contributed by atoms with van der Waals surface area (Å²) >= 11 is 0. The Morgan fingerprint density at radius 3 is 2.18 bits per heavy atom. The van der Waals surface area contributed by atoms with Crippen molar-refractivity contribution in [2.24, 2.45) is 5.92 Å². The molecule has 33 heavy (non-hydrogen) atoms. The largest absolute Gasteiger partial charge is 0.497 e. The third-order valence-electron chi connectivity index (χ3n) is 6.45. The summed E-state index contributed by atoms with van der Waals surface area (Å²) in [5.74, 6) is -0.392. The molecule has 2 N–H and O–H groups in total. The summed E-state index contributed by atoms with van der Waals surface area (Å²) in [6.07, 6.45) is 3.08. The first kappa shape index (κ1) is 25.2. The smallest absolute Gasteiger partial charge is 0.262 e. The van der Waals surface area contributed by atoms with Gasteiger partial charge in [-0.05, 0) is 75.5 Å². The predicted octanol–water partition coefficient (Wildman–Crippen LogP) is 2.88. The standard InChI is InChI=1S/C24H33N3O5S/c1-26(2)20-11-9-19(10-12-20)23(24(28)25-29)27(17-18-7-5-4-6-8-18)33(30,31)22-15-13-21(32-3)14-16-22/h4-8,13-16,19-20,23,29H,9-12,17H2,1-3H3,(H,25,28). The van der Waals surface area contributed by atoms with E-state index in [4.69, 9.17) is 4.74 Å². The molecular formula is C24H33N3O5S. The van der Waals surface area contributed by atoms with Crippen LogP contribution in [0.5, 0.6) is 5.75 Å². The number of nitrogens with zero attached hydrogens (tertiary/aromatic N) is 2. The number of nitrogens with one attached hydrogen (secondary N) is 1. The molecule has 1 unspecified atom stereocenters. The molecule has 0 radical (unpaired) electrons. The molecular weight excluding hydrogens is 442 g/mol. The van der Waals surface area contributed by atoms with E-state index in [-0.39, 0.29) is 17.4 Å². The molecule has 3 rings (SSSR count). The summed E-state index contributed by atoms with van der Waals surface area (Å²) < 4.78 is 34.0. The predicted molar refractivity (Wildman–Crippen MR) is 125 cm³/mol. The molecule has 1 aliphatic carbocycles. The number of hydrogen-bond donors (Lipinski definition) is 2. The van der Waals surface area contributed by atoms with Crippen molar-refractivity contribution in [3.8, 4) is 5.75 Å². The summed E-state index contributed by atoms with van der Waals surface area (Å²) in [4.78, 5) is 15.2. The molecule has 0 aromatic heterocycles. The van der Waals surface area contributed by atoms with Crippen molar-refractivity contribution in [3.05, 3.63) is 60.2 Å². The van der Waals surface area contributed by atoms with E-state index in [0.29, 0.717) is 24.6 Å². The van der Waals surface area contributed by atoms with Crippen molar-refractivity contribution in [1.29, 1.82) is 0 Å². The second kappa shape index (κ2) is 11.1. The lowest BCUT2D eigenvalue weighted by molar-refractivity contribution is -0.135. The normalized spacial score (nSPS) is 19.9. The van der Waals surface area contributed by atoms with E-state index in [1.165, 1.54) is 23.5 Å². The van der Waals surface area contributed by atoms with E-state index < -0.39 is 22.0 Å². The highest BCUT2D eigenvalue weighted by Gasteiger charge is 2.42. The Balaban J connectivity index is 2.02. The Hall–Kier alpha value is -2.46. The summed E-state index contributed by atoms with van der Waals surface area (Å²) in [5, 5.41) is 9.55. The minimum absolute atomic E-state index is 0.0148. The fourth-order valence-corrected chi connectivity index (χ4v) is 6.20. The van der Waals surface area contributed by atoms with Crippen LogP contribution in [0.2, 0.25) is 0 Å². The molecule has 2 aromatic carbocycles. The van der Waals surface area contributed by atoms with E-state index in [1.807, 2.05) is 44.4 Å². The lowest BCUT2D eigenvalue weighted by Gasteiger charge is -2.39. The first-order valence-electron chi connectivity index (χ1n) is 11.1. The number of rotatable bonds is 9. The molecule has 0 heterocycles. The zero-order valence-electron chi connectivity index (χ0n) is 19.3. The summed E-state index contributed by atoms with van der Waals surface area (Å²) in [7, 11) is 1.50. The van der Waals surface area contributed by atoms with E-state index >= 15 is 0 Å². The van der Waals surface area contributed by atoms with Gasteiger partial charge >= 0.3 is 0 Å². The van der Waals surface area contributed by atoms with Gasteiger partial charge in [-0.3, -0.25) is 10.0 Å². The average Bonchev–Trinajstić information content (AvgIpc) is 2.84. The zero-order chi connectivity index (χ0) is 24.0. The number of carbonyl (C=O) groups excluding carboxylic acids is 1. The van der Waals surface area contributed by atoms with Gasteiger partial charge in [0.15, 0.2) is 0 Å². The van der Waals surface area contributed by atoms with Gasteiger partial charge in [-0.25, -0.2) is 13.9 Å². The molecule has 1 amide bonds. The van der Waals surface area contributed by atoms with Gasteiger partial charge in [0.05, 0.1) is 12.0 Å². The molecule has 0 aliphatic heterocycles. The minimum atomic E-state index is -4.06. The molecule has 1 atom stereocenters. The second-order valence-electron chi connectivity index (χ2n) is 8.66. The van der Waals surface area contributed by atoms with Gasteiger partial charge < -0.3 is 9.64 Å². The fraction of sp³-hybridized carbons (Fsp3) is 0.458. The molecule has 1 aliphatic rings. The van der Waals surface area contributed by atoms with E-state index in [9.17, 15) is 18.4 Å². The molecule has 1 saturated carbocycles. The van der Waals surface area contributed by atoms with E-state index in [0.717, 1.165) is 18.4 Å². The summed E-state index contributed by atoms with van der Waals surface area (Å²) in [6, 6.07) is 14.6. The highest BCUT2D eigenvalue weighted by Crippen LogP contribution is 2.34. The number of benzene rings is 2. The van der Waals surface area contributed by atoms with Crippen LogP contribution >= 0.6 is 0 Å². The van der Waals surface area contributed by atoms with Gasteiger partial charge in [0.2, 0.25) is 10.0 Å². The zero-order valence-corrected chi connectivity index (χ0v) is 20.2. The number of sulfonamides is 1. The van der Waals surface area contributed by atoms with Crippen LogP contribution in [0.1, 0.15) is 31.2 Å². The Morgan fingerprint density at radius 2 is 1.67 bits per heavy atom. The monoisotopic (exact) mass is 475 g/mol. The second-order valence-corrected chi connectivity index (χ2v) is 10.6. The van der Waals surface area contributed by atoms with Crippen molar-refractivity contribution in [1.82, 2.24) is 14.7 Å². The average molecular weight is 476 g/mol. The van der Waals surface area contributed by atoms with Gasteiger partial charge in [0.25, 0.3) is 5.91 Å². The topological polar surface area (TPSA) is 99.2 Å². The number of hydrogen-bond acceptors (Lipinski definition) is 6. The summed E-state index contributed by atoms with van der Waals surface area (Å²) in [6.45, 7) is 0.0148. The van der Waals surface area contributed by atoms with Crippen molar-refractivity contribution < 1.29 is 23.2 Å². The number of methoxy groups -OCH3 is 1. The number of amides is 1. The lowest BCUT2D eigenvalue weighted by atomic mass is 9.80. The Labute approximate surface area is 196 Å². The van der Waals surface area contributed by atoms with Crippen LogP contribution in [0, 0.1) is 5.92 Å². The number of ether oxygens (including phenoxy) is 1. The first-order valence-corrected chi connectivity index (χ1v) is 12.5. The third-order valence-corrected chi connectivity index (χ3v) is 8.30. The van der Waals surface area contributed by atoms with Crippen LogP contribution in [0.3, 0.4) is 0 Å². The Kier molecular flexibility index (Phi) is 8.47. The molecule has 180 valence electrons. The molecule has 0 bridgehead atoms. The van der Waals surface area contributed by atoms with E-state index in [1.54, 1.807) is 17.6 Å². The lowest BCUT2D eigenvalue weighted by Crippen LogP contribution is -2.53. The maximum Gasteiger partial charge on any atom is 0.262 e. The molecule has 1 fully saturated rings. The quantitative estimate of drug-likeness (QED) is 0.427. The molecule has 8 nitrogen and oxygen atoms in total. The molecule has 9 heteroatoms. The van der Waals surface area contributed by atoms with Crippen molar-refractivity contribution in [2.75, 3.05) is 21.2 Å². The highest BCUT2D eigenvalue weighted by atomic mass is 32.2. The van der Waals surface area contributed by atoms with E-state index in [2.05, 4.69) is 4.90 Å². The number of hydroxylamine groups is 1. The highest BCUT2D eigenvalue weighted by molar-refractivity contribution is 7.89. The minimum Gasteiger partial charge on any atom is -0.497 e. The molecule has 0 saturated heterocycles. The van der Waals surface area contributed by atoms with Gasteiger partial charge in [0.1, 0.15) is 11.8 Å². The van der Waals surface area contributed by atoms with Gasteiger partial charge in [-0.15, -0.1) is 0 Å². The van der Waals surface area contributed by atoms with Crippen LogP contribution in [-0.2, 0) is 21.4 Å². The SMILES string of the molecule is COc1ccc(S(=O)(=O)N(Cc2ccccc2)C(C(=O)NO)C2CCC(N(C)C)CC2)cc1. The van der Waals surface area contributed by atoms with Crippen LogP contribution in [0.4, 0.5) is 0 Å².